The van der Waals surface area contributed by atoms with Crippen LogP contribution in [0.15, 0.2) is 53.4 Å². The Morgan fingerprint density at radius 2 is 1.86 bits per heavy atom. The number of carbonyl (C=O) groups is 1. The van der Waals surface area contributed by atoms with Gasteiger partial charge >= 0.3 is 12.1 Å². The highest BCUT2D eigenvalue weighted by Crippen LogP contribution is 2.37. The molecule has 1 unspecified atom stereocenters. The molecule has 0 saturated carbocycles. The Balaban J connectivity index is 1.26. The summed E-state index contributed by atoms with van der Waals surface area (Å²) in [7, 11) is -0.978. The first-order valence-corrected chi connectivity index (χ1v) is 14.0. The number of halogens is 3. The highest BCUT2D eigenvalue weighted by molar-refractivity contribution is 7.89. The summed E-state index contributed by atoms with van der Waals surface area (Å²) in [6.07, 6.45) is -4.95. The number of carbonyl (C=O) groups excluding carboxylic acids is 1. The molecule has 5 rings (SSSR count). The molecule has 12 nitrogen and oxygen atoms in total. The summed E-state index contributed by atoms with van der Waals surface area (Å²) in [5, 5.41) is 12.7. The quantitative estimate of drug-likeness (QED) is 0.285. The van der Waals surface area contributed by atoms with Crippen LogP contribution in [-0.2, 0) is 21.2 Å². The molecule has 0 saturated heterocycles. The van der Waals surface area contributed by atoms with Crippen molar-refractivity contribution in [3.8, 4) is 28.8 Å². The fourth-order valence-electron chi connectivity index (χ4n) is 4.64. The van der Waals surface area contributed by atoms with E-state index in [0.29, 0.717) is 39.0 Å². The second-order valence-electron chi connectivity index (χ2n) is 9.29. The Hall–Kier alpha value is -4.44. The van der Waals surface area contributed by atoms with E-state index in [1.165, 1.54) is 37.8 Å². The molecule has 42 heavy (non-hydrogen) atoms. The molecule has 0 spiro atoms. The van der Waals surface area contributed by atoms with E-state index in [4.69, 9.17) is 14.2 Å². The maximum Gasteiger partial charge on any atom is 0.471 e. The monoisotopic (exact) mass is 606 g/mol. The zero-order valence-corrected chi connectivity index (χ0v) is 23.4. The maximum absolute atomic E-state index is 13.0. The number of sulfonamides is 1. The largest absolute Gasteiger partial charge is 0.497 e. The number of hydrogen-bond donors (Lipinski definition) is 1. The number of methoxy groups -OCH3 is 2. The molecule has 1 aliphatic heterocycles. The van der Waals surface area contributed by atoms with Crippen molar-refractivity contribution in [2.24, 2.45) is 0 Å². The topological polar surface area (TPSA) is 137 Å². The van der Waals surface area contributed by atoms with Gasteiger partial charge in [-0.3, -0.25) is 4.79 Å². The maximum atomic E-state index is 13.0. The van der Waals surface area contributed by atoms with Gasteiger partial charge < -0.3 is 19.1 Å². The van der Waals surface area contributed by atoms with E-state index in [2.05, 4.69) is 20.0 Å². The zero-order valence-electron chi connectivity index (χ0n) is 22.5. The fraction of sp³-hybridized carbons (Fsp3) is 0.308. The zero-order chi connectivity index (χ0) is 30.2. The predicted molar refractivity (Wildman–Crippen MR) is 143 cm³/mol. The van der Waals surface area contributed by atoms with E-state index in [1.54, 1.807) is 30.3 Å². The minimum absolute atomic E-state index is 0.0363. The van der Waals surface area contributed by atoms with E-state index >= 15 is 0 Å². The average molecular weight is 607 g/mol. The number of amides is 1. The Morgan fingerprint density at radius 1 is 1.07 bits per heavy atom. The van der Waals surface area contributed by atoms with E-state index in [-0.39, 0.29) is 36.0 Å². The molecule has 1 amide bonds. The molecule has 2 aromatic carbocycles. The van der Waals surface area contributed by atoms with Crippen LogP contribution in [-0.4, -0.2) is 73.7 Å². The highest BCUT2D eigenvalue weighted by atomic mass is 32.2. The van der Waals surface area contributed by atoms with Crippen molar-refractivity contribution in [1.29, 1.82) is 0 Å². The van der Waals surface area contributed by atoms with Gasteiger partial charge in [-0.15, -0.1) is 15.3 Å². The number of nitrogens with zero attached hydrogens (tertiary/aromatic N) is 5. The van der Waals surface area contributed by atoms with Crippen LogP contribution in [0.1, 0.15) is 12.5 Å². The summed E-state index contributed by atoms with van der Waals surface area (Å²) in [5.74, 6) is -0.343. The van der Waals surface area contributed by atoms with Gasteiger partial charge in [-0.05, 0) is 55.3 Å². The first-order chi connectivity index (χ1) is 19.9. The first-order valence-electron chi connectivity index (χ1n) is 12.5. The van der Waals surface area contributed by atoms with Crippen LogP contribution in [0, 0.1) is 0 Å². The Kier molecular flexibility index (Phi) is 7.68. The summed E-state index contributed by atoms with van der Waals surface area (Å²) in [6.45, 7) is 1.25. The van der Waals surface area contributed by atoms with Crippen molar-refractivity contribution in [3.63, 3.8) is 0 Å². The molecule has 3 heterocycles. The van der Waals surface area contributed by atoms with E-state index in [9.17, 15) is 26.4 Å². The van der Waals surface area contributed by atoms with Crippen molar-refractivity contribution in [3.05, 3.63) is 54.1 Å². The lowest BCUT2D eigenvalue weighted by atomic mass is 10.1. The molecule has 1 aliphatic rings. The number of nitrogens with one attached hydrogen (secondary N) is 1. The molecule has 16 heteroatoms. The number of aromatic nitrogens is 4. The molecule has 0 radical (unpaired) electrons. The van der Waals surface area contributed by atoms with Crippen LogP contribution in [0.3, 0.4) is 0 Å². The third kappa shape index (κ3) is 5.54. The van der Waals surface area contributed by atoms with Crippen molar-refractivity contribution < 1.29 is 40.6 Å². The molecule has 0 bridgehead atoms. The summed E-state index contributed by atoms with van der Waals surface area (Å²) in [5.41, 5.74) is 1.42. The number of ether oxygens (including phenoxy) is 3. The van der Waals surface area contributed by atoms with Gasteiger partial charge in [0, 0.05) is 30.4 Å². The lowest BCUT2D eigenvalue weighted by Crippen LogP contribution is -2.44. The van der Waals surface area contributed by atoms with Crippen molar-refractivity contribution >= 4 is 27.3 Å². The number of alkyl halides is 3. The minimum Gasteiger partial charge on any atom is -0.497 e. The highest BCUT2D eigenvalue weighted by Gasteiger charge is 2.47. The molecule has 2 aromatic heterocycles. The summed E-state index contributed by atoms with van der Waals surface area (Å²) in [6, 6.07) is 11.3. The van der Waals surface area contributed by atoms with Gasteiger partial charge in [0.15, 0.2) is 11.5 Å². The molecular formula is C26H25F3N6O6S. The minimum atomic E-state index is -5.04. The molecule has 1 atom stereocenters. The van der Waals surface area contributed by atoms with Gasteiger partial charge in [0.25, 0.3) is 0 Å². The van der Waals surface area contributed by atoms with Gasteiger partial charge in [0.2, 0.25) is 15.9 Å². The smallest absolute Gasteiger partial charge is 0.471 e. The van der Waals surface area contributed by atoms with E-state index < -0.39 is 28.1 Å². The van der Waals surface area contributed by atoms with Gasteiger partial charge in [-0.25, -0.2) is 13.1 Å². The fourth-order valence-corrected chi connectivity index (χ4v) is 5.70. The Morgan fingerprint density at radius 3 is 2.57 bits per heavy atom. The molecular weight excluding hydrogens is 581 g/mol. The molecule has 1 N–H and O–H groups in total. The summed E-state index contributed by atoms with van der Waals surface area (Å²) in [4.78, 5) is 12.3. The van der Waals surface area contributed by atoms with E-state index in [1.807, 2.05) is 0 Å². The number of fused-ring (bicyclic) bond motifs is 2. The predicted octanol–water partition coefficient (Wildman–Crippen LogP) is 3.01. The normalized spacial score (nSPS) is 15.1. The Bertz CT molecular complexity index is 1760. The Labute approximate surface area is 238 Å². The number of rotatable bonds is 9. The molecule has 4 aromatic rings. The van der Waals surface area contributed by atoms with Crippen molar-refractivity contribution in [2.75, 3.05) is 32.3 Å². The SMILES string of the molecule is COc1ccc(-c2nnc3ccc(OCCNS(=O)(=O)c4ccc5c(c4)CC(C)N5C(=O)C(F)(F)F)nn23)c(OC)c1. The lowest BCUT2D eigenvalue weighted by molar-refractivity contribution is -0.170. The second kappa shape index (κ2) is 11.1. The summed E-state index contributed by atoms with van der Waals surface area (Å²) >= 11 is 0. The van der Waals surface area contributed by atoms with Crippen LogP contribution in [0.5, 0.6) is 17.4 Å². The third-order valence-electron chi connectivity index (χ3n) is 6.57. The molecule has 0 aliphatic carbocycles. The van der Waals surface area contributed by atoms with Crippen molar-refractivity contribution in [2.45, 2.75) is 30.5 Å². The second-order valence-corrected chi connectivity index (χ2v) is 11.1. The molecule has 222 valence electrons. The summed E-state index contributed by atoms with van der Waals surface area (Å²) < 4.78 is 85.0. The van der Waals surface area contributed by atoms with Gasteiger partial charge in [-0.1, -0.05) is 0 Å². The van der Waals surface area contributed by atoms with Gasteiger partial charge in [0.1, 0.15) is 18.1 Å². The van der Waals surface area contributed by atoms with Gasteiger partial charge in [0.05, 0.1) is 24.7 Å². The van der Waals surface area contributed by atoms with Crippen LogP contribution in [0.2, 0.25) is 0 Å². The van der Waals surface area contributed by atoms with Crippen LogP contribution in [0.25, 0.3) is 17.0 Å². The number of benzene rings is 2. The standard InChI is InChI=1S/C26H25F3N6O6S/c1-15-12-16-13-18(5-7-20(16)34(15)25(36)26(27,28)29)42(37,38)30-10-11-41-23-9-8-22-31-32-24(35(22)33-23)19-6-4-17(39-2)14-21(19)40-3/h4-9,13-15,30H,10-12H2,1-3H3. The number of hydrogen-bond acceptors (Lipinski definition) is 9. The van der Waals surface area contributed by atoms with Crippen LogP contribution >= 0.6 is 0 Å². The van der Waals surface area contributed by atoms with E-state index in [0.717, 1.165) is 6.07 Å². The van der Waals surface area contributed by atoms with Crippen LogP contribution in [0.4, 0.5) is 18.9 Å². The average Bonchev–Trinajstić information content (AvgIpc) is 3.53. The van der Waals surface area contributed by atoms with Crippen LogP contribution < -0.4 is 23.8 Å². The first kappa shape index (κ1) is 29.1. The number of anilines is 1. The van der Waals surface area contributed by atoms with Crippen molar-refractivity contribution in [1.82, 2.24) is 24.5 Å². The van der Waals surface area contributed by atoms with Gasteiger partial charge in [-0.2, -0.15) is 17.7 Å². The lowest BCUT2D eigenvalue weighted by Gasteiger charge is -2.23. The third-order valence-corrected chi connectivity index (χ3v) is 8.03. The molecule has 0 fully saturated rings.